The zero-order chi connectivity index (χ0) is 16.1. The highest BCUT2D eigenvalue weighted by Crippen LogP contribution is 2.30. The minimum absolute atomic E-state index is 0.156. The standard InChI is InChI=1S/C19H32N2O2/c22-18(16-10-4-1-5-11-16)20-14-8-3-9-15-21(20)19(23)17-12-6-2-7-13-17/h16-17H,1-15H2. The van der Waals surface area contributed by atoms with Crippen LogP contribution in [0.1, 0.15) is 83.5 Å². The summed E-state index contributed by atoms with van der Waals surface area (Å²) in [4.78, 5) is 26.1. The Morgan fingerprint density at radius 2 is 0.870 bits per heavy atom. The van der Waals surface area contributed by atoms with Crippen molar-refractivity contribution < 1.29 is 9.59 Å². The molecule has 4 nitrogen and oxygen atoms in total. The summed E-state index contributed by atoms with van der Waals surface area (Å²) >= 11 is 0. The fraction of sp³-hybridized carbons (Fsp3) is 0.895. The first-order valence-corrected chi connectivity index (χ1v) is 9.90. The van der Waals surface area contributed by atoms with Gasteiger partial charge in [0.05, 0.1) is 0 Å². The van der Waals surface area contributed by atoms with Crippen molar-refractivity contribution in [3.8, 4) is 0 Å². The van der Waals surface area contributed by atoms with E-state index >= 15 is 0 Å². The van der Waals surface area contributed by atoms with Gasteiger partial charge in [-0.3, -0.25) is 19.6 Å². The van der Waals surface area contributed by atoms with E-state index in [-0.39, 0.29) is 23.7 Å². The third-order valence-corrected chi connectivity index (χ3v) is 5.95. The van der Waals surface area contributed by atoms with E-state index in [4.69, 9.17) is 0 Å². The van der Waals surface area contributed by atoms with E-state index < -0.39 is 0 Å². The van der Waals surface area contributed by atoms with Crippen molar-refractivity contribution in [2.45, 2.75) is 83.5 Å². The first-order chi connectivity index (χ1) is 11.3. The summed E-state index contributed by atoms with van der Waals surface area (Å²) in [5, 5.41) is 3.72. The molecule has 0 aromatic heterocycles. The van der Waals surface area contributed by atoms with Gasteiger partial charge in [0, 0.05) is 24.9 Å². The Bertz CT molecular complexity index is 374. The van der Waals surface area contributed by atoms with E-state index in [1.807, 2.05) is 10.0 Å². The molecule has 0 bridgehead atoms. The van der Waals surface area contributed by atoms with Crippen molar-refractivity contribution in [3.63, 3.8) is 0 Å². The molecule has 1 saturated heterocycles. The Morgan fingerprint density at radius 3 is 1.26 bits per heavy atom. The minimum Gasteiger partial charge on any atom is -0.273 e. The maximum absolute atomic E-state index is 13.0. The van der Waals surface area contributed by atoms with Gasteiger partial charge in [-0.15, -0.1) is 0 Å². The Labute approximate surface area is 140 Å². The van der Waals surface area contributed by atoms with Gasteiger partial charge in [0.2, 0.25) is 11.8 Å². The second-order valence-electron chi connectivity index (χ2n) is 7.65. The van der Waals surface area contributed by atoms with Gasteiger partial charge in [-0.1, -0.05) is 38.5 Å². The largest absolute Gasteiger partial charge is 0.273 e. The van der Waals surface area contributed by atoms with E-state index in [1.54, 1.807) is 0 Å². The SMILES string of the molecule is O=C(C1CCCCC1)N1CCCCCN1C(=O)C1CCCCC1. The fourth-order valence-electron chi connectivity index (χ4n) is 4.52. The first kappa shape index (κ1) is 16.8. The van der Waals surface area contributed by atoms with Gasteiger partial charge < -0.3 is 0 Å². The van der Waals surface area contributed by atoms with Gasteiger partial charge >= 0.3 is 0 Å². The summed E-state index contributed by atoms with van der Waals surface area (Å²) in [6.45, 7) is 1.49. The molecule has 1 aliphatic heterocycles. The van der Waals surface area contributed by atoms with Crippen LogP contribution in [0.3, 0.4) is 0 Å². The van der Waals surface area contributed by atoms with E-state index in [2.05, 4.69) is 0 Å². The van der Waals surface area contributed by atoms with Crippen LogP contribution in [0.2, 0.25) is 0 Å². The second-order valence-corrected chi connectivity index (χ2v) is 7.65. The van der Waals surface area contributed by atoms with Crippen LogP contribution in [0.25, 0.3) is 0 Å². The zero-order valence-corrected chi connectivity index (χ0v) is 14.5. The predicted octanol–water partition coefficient (Wildman–Crippen LogP) is 3.90. The summed E-state index contributed by atoms with van der Waals surface area (Å²) in [7, 11) is 0. The summed E-state index contributed by atoms with van der Waals surface area (Å²) in [5.41, 5.74) is 0. The smallest absolute Gasteiger partial charge is 0.244 e. The molecule has 0 radical (unpaired) electrons. The lowest BCUT2D eigenvalue weighted by Gasteiger charge is -2.38. The van der Waals surface area contributed by atoms with Crippen LogP contribution in [0.15, 0.2) is 0 Å². The average molecular weight is 320 g/mol. The summed E-state index contributed by atoms with van der Waals surface area (Å²) < 4.78 is 0. The van der Waals surface area contributed by atoms with E-state index in [0.29, 0.717) is 0 Å². The zero-order valence-electron chi connectivity index (χ0n) is 14.5. The van der Waals surface area contributed by atoms with E-state index in [1.165, 1.54) is 38.5 Å². The molecular weight excluding hydrogens is 288 g/mol. The molecule has 4 heteroatoms. The number of carbonyl (C=O) groups is 2. The molecule has 1 heterocycles. The Kier molecular flexibility index (Phi) is 5.96. The molecule has 0 unspecified atom stereocenters. The predicted molar refractivity (Wildman–Crippen MR) is 90.4 cm³/mol. The van der Waals surface area contributed by atoms with Gasteiger partial charge in [-0.05, 0) is 44.9 Å². The molecule has 3 rings (SSSR count). The second kappa shape index (κ2) is 8.16. The van der Waals surface area contributed by atoms with Crippen LogP contribution in [0.5, 0.6) is 0 Å². The van der Waals surface area contributed by atoms with Crippen molar-refractivity contribution in [1.82, 2.24) is 10.0 Å². The number of carbonyl (C=O) groups excluding carboxylic acids is 2. The van der Waals surface area contributed by atoms with Gasteiger partial charge in [0.25, 0.3) is 0 Å². The highest BCUT2D eigenvalue weighted by molar-refractivity contribution is 5.84. The molecule has 3 aliphatic rings. The van der Waals surface area contributed by atoms with Gasteiger partial charge in [-0.2, -0.15) is 0 Å². The van der Waals surface area contributed by atoms with Gasteiger partial charge in [0.15, 0.2) is 0 Å². The molecule has 0 N–H and O–H groups in total. The number of rotatable bonds is 2. The highest BCUT2D eigenvalue weighted by atomic mass is 16.2. The molecule has 23 heavy (non-hydrogen) atoms. The lowest BCUT2D eigenvalue weighted by atomic mass is 9.88. The topological polar surface area (TPSA) is 40.6 Å². The molecule has 2 amide bonds. The van der Waals surface area contributed by atoms with Gasteiger partial charge in [-0.25, -0.2) is 0 Å². The summed E-state index contributed by atoms with van der Waals surface area (Å²) in [6, 6.07) is 0. The maximum atomic E-state index is 13.0. The first-order valence-electron chi connectivity index (χ1n) is 9.90. The number of amides is 2. The third kappa shape index (κ3) is 4.07. The molecule has 3 fully saturated rings. The number of nitrogens with zero attached hydrogens (tertiary/aromatic N) is 2. The fourth-order valence-corrected chi connectivity index (χ4v) is 4.52. The molecule has 0 atom stereocenters. The van der Waals surface area contributed by atoms with Crippen molar-refractivity contribution >= 4 is 11.8 Å². The average Bonchev–Trinajstić information content (AvgIpc) is 2.88. The van der Waals surface area contributed by atoms with Crippen molar-refractivity contribution in [2.24, 2.45) is 11.8 Å². The van der Waals surface area contributed by atoms with Crippen molar-refractivity contribution in [3.05, 3.63) is 0 Å². The molecule has 130 valence electrons. The Balaban J connectivity index is 1.71. The lowest BCUT2D eigenvalue weighted by Crippen LogP contribution is -2.53. The van der Waals surface area contributed by atoms with Crippen molar-refractivity contribution in [2.75, 3.05) is 13.1 Å². The van der Waals surface area contributed by atoms with E-state index in [9.17, 15) is 9.59 Å². The number of hydrogen-bond donors (Lipinski definition) is 0. The van der Waals surface area contributed by atoms with Crippen LogP contribution in [-0.4, -0.2) is 34.9 Å². The van der Waals surface area contributed by atoms with Crippen LogP contribution in [0.4, 0.5) is 0 Å². The molecule has 0 aromatic rings. The Morgan fingerprint density at radius 1 is 0.522 bits per heavy atom. The van der Waals surface area contributed by atoms with Crippen LogP contribution in [0, 0.1) is 11.8 Å². The summed E-state index contributed by atoms with van der Waals surface area (Å²) in [5.74, 6) is 0.776. The molecule has 0 spiro atoms. The van der Waals surface area contributed by atoms with Crippen molar-refractivity contribution in [1.29, 1.82) is 0 Å². The van der Waals surface area contributed by atoms with E-state index in [0.717, 1.165) is 58.0 Å². The maximum Gasteiger partial charge on any atom is 0.244 e. The molecular formula is C19H32N2O2. The normalized spacial score (nSPS) is 25.2. The number of hydrazine groups is 1. The molecule has 2 aliphatic carbocycles. The third-order valence-electron chi connectivity index (χ3n) is 5.95. The quantitative estimate of drug-likeness (QED) is 0.774. The summed E-state index contributed by atoms with van der Waals surface area (Å²) in [6.07, 6.45) is 14.4. The van der Waals surface area contributed by atoms with Crippen LogP contribution in [-0.2, 0) is 9.59 Å². The highest BCUT2D eigenvalue weighted by Gasteiger charge is 2.35. The number of hydrogen-bond acceptors (Lipinski definition) is 2. The lowest BCUT2D eigenvalue weighted by molar-refractivity contribution is -0.169. The minimum atomic E-state index is 0.156. The van der Waals surface area contributed by atoms with Gasteiger partial charge in [0.1, 0.15) is 0 Å². The van der Waals surface area contributed by atoms with Crippen LogP contribution < -0.4 is 0 Å². The molecule has 0 aromatic carbocycles. The van der Waals surface area contributed by atoms with Crippen LogP contribution >= 0.6 is 0 Å². The Hall–Kier alpha value is -1.06. The monoisotopic (exact) mass is 320 g/mol. The molecule has 2 saturated carbocycles.